The number of rotatable bonds is 7. The summed E-state index contributed by atoms with van der Waals surface area (Å²) in [5.74, 6) is -0.638. The molecule has 0 bridgehead atoms. The molecule has 0 radical (unpaired) electrons. The van der Waals surface area contributed by atoms with Crippen LogP contribution in [0, 0.1) is 0 Å². The Labute approximate surface area is 278 Å². The summed E-state index contributed by atoms with van der Waals surface area (Å²) in [6.45, 7) is 2.29. The van der Waals surface area contributed by atoms with Crippen LogP contribution in [0.15, 0.2) is 91.5 Å². The predicted molar refractivity (Wildman–Crippen MR) is 185 cm³/mol. The third-order valence-electron chi connectivity index (χ3n) is 9.95. The van der Waals surface area contributed by atoms with E-state index < -0.39 is 5.97 Å². The van der Waals surface area contributed by atoms with Crippen LogP contribution in [0.25, 0.3) is 50.0 Å². The van der Waals surface area contributed by atoms with Crippen molar-refractivity contribution in [1.29, 1.82) is 0 Å². The molecule has 242 valence electrons. The van der Waals surface area contributed by atoms with E-state index in [0.29, 0.717) is 32.2 Å². The molecule has 1 aliphatic heterocycles. The smallest absolute Gasteiger partial charge is 0.335 e. The Hall–Kier alpha value is -5.28. The zero-order valence-electron chi connectivity index (χ0n) is 26.7. The summed E-state index contributed by atoms with van der Waals surface area (Å²) in [5.41, 5.74) is 8.07. The number of hydrogen-bond donors (Lipinski definition) is 1. The number of morpholine rings is 1. The monoisotopic (exact) mass is 639 g/mol. The van der Waals surface area contributed by atoms with Crippen molar-refractivity contribution in [2.45, 2.75) is 44.6 Å². The molecular formula is C39H37N5O4. The minimum atomic E-state index is -0.978. The Balaban J connectivity index is 1.24. The van der Waals surface area contributed by atoms with Gasteiger partial charge in [-0.05, 0) is 72.4 Å². The van der Waals surface area contributed by atoms with Crippen LogP contribution in [0.1, 0.15) is 53.9 Å². The summed E-state index contributed by atoms with van der Waals surface area (Å²) < 4.78 is 9.56. The largest absolute Gasteiger partial charge is 0.478 e. The van der Waals surface area contributed by atoms with Gasteiger partial charge in [-0.3, -0.25) is 4.79 Å². The molecule has 9 heteroatoms. The Kier molecular flexibility index (Phi) is 7.98. The van der Waals surface area contributed by atoms with E-state index in [1.807, 2.05) is 21.7 Å². The number of carbonyl (C=O) groups excluding carboxylic acids is 1. The number of imidazole rings is 1. The highest BCUT2D eigenvalue weighted by Crippen LogP contribution is 2.45. The number of pyridine rings is 1. The molecule has 2 fully saturated rings. The van der Waals surface area contributed by atoms with Crippen molar-refractivity contribution in [2.75, 3.05) is 26.3 Å². The molecule has 8 rings (SSSR count). The van der Waals surface area contributed by atoms with Crippen LogP contribution < -0.4 is 0 Å². The van der Waals surface area contributed by atoms with Crippen LogP contribution in [-0.4, -0.2) is 67.3 Å². The van der Waals surface area contributed by atoms with Crippen molar-refractivity contribution in [3.8, 4) is 28.2 Å². The van der Waals surface area contributed by atoms with E-state index in [1.165, 1.54) is 12.0 Å². The summed E-state index contributed by atoms with van der Waals surface area (Å²) in [5, 5.41) is 12.0. The summed E-state index contributed by atoms with van der Waals surface area (Å²) in [6, 6.07) is 24.2. The zero-order valence-corrected chi connectivity index (χ0v) is 26.7. The number of benzene rings is 3. The van der Waals surface area contributed by atoms with Gasteiger partial charge in [0.25, 0.3) is 0 Å². The lowest BCUT2D eigenvalue weighted by molar-refractivity contribution is -0.135. The average Bonchev–Trinajstić information content (AvgIpc) is 3.79. The van der Waals surface area contributed by atoms with Gasteiger partial charge in [-0.15, -0.1) is 0 Å². The Morgan fingerprint density at radius 1 is 0.875 bits per heavy atom. The maximum Gasteiger partial charge on any atom is 0.335 e. The number of nitrogens with zero attached hydrogens (tertiary/aromatic N) is 5. The van der Waals surface area contributed by atoms with E-state index in [9.17, 15) is 14.7 Å². The molecule has 4 heterocycles. The maximum atomic E-state index is 13.8. The van der Waals surface area contributed by atoms with Crippen LogP contribution in [0.2, 0.25) is 0 Å². The minimum absolute atomic E-state index is 0.0125. The van der Waals surface area contributed by atoms with Gasteiger partial charge in [-0.1, -0.05) is 49.6 Å². The number of aromatic nitrogens is 4. The molecule has 9 nitrogen and oxygen atoms in total. The van der Waals surface area contributed by atoms with Crippen molar-refractivity contribution < 1.29 is 19.4 Å². The zero-order chi connectivity index (χ0) is 32.6. The first kappa shape index (κ1) is 30.1. The Bertz CT molecular complexity index is 2120. The van der Waals surface area contributed by atoms with E-state index >= 15 is 0 Å². The molecular weight excluding hydrogens is 602 g/mol. The molecule has 1 amide bonds. The molecule has 1 aliphatic carbocycles. The lowest BCUT2D eigenvalue weighted by Gasteiger charge is -2.28. The number of carboxylic acid groups (broad SMARTS) is 1. The van der Waals surface area contributed by atoms with Crippen LogP contribution in [0.4, 0.5) is 0 Å². The number of carboxylic acids is 1. The standard InChI is InChI=1S/C39H37N5O4/c45-36(42-18-20-48-21-19-42)24-44-35-23-30(39(46)47)8-13-32(35)37(27-4-2-1-3-5-27)38(44)29-10-15-34-28(22-29)9-14-33(41-34)26-6-11-31(12-7-26)43-17-16-40-25-43/h6-17,22-23,25,27H,1-5,18-21,24H2,(H,46,47). The number of carbonyl (C=O) groups is 2. The fourth-order valence-corrected chi connectivity index (χ4v) is 7.49. The predicted octanol–water partition coefficient (Wildman–Crippen LogP) is 7.31. The van der Waals surface area contributed by atoms with Gasteiger partial charge in [0.1, 0.15) is 6.54 Å². The Morgan fingerprint density at radius 2 is 1.67 bits per heavy atom. The molecule has 6 aromatic rings. The molecule has 3 aromatic heterocycles. The van der Waals surface area contributed by atoms with Crippen molar-refractivity contribution in [3.05, 3.63) is 103 Å². The third-order valence-corrected chi connectivity index (χ3v) is 9.95. The number of ether oxygens (including phenoxy) is 1. The molecule has 1 saturated carbocycles. The molecule has 1 N–H and O–H groups in total. The minimum Gasteiger partial charge on any atom is -0.478 e. The van der Waals surface area contributed by atoms with Crippen LogP contribution >= 0.6 is 0 Å². The van der Waals surface area contributed by atoms with Crippen molar-refractivity contribution in [1.82, 2.24) is 24.0 Å². The number of fused-ring (bicyclic) bond motifs is 2. The van der Waals surface area contributed by atoms with Gasteiger partial charge in [0.05, 0.1) is 47.5 Å². The van der Waals surface area contributed by atoms with Gasteiger partial charge >= 0.3 is 5.97 Å². The Morgan fingerprint density at radius 3 is 2.42 bits per heavy atom. The first-order valence-corrected chi connectivity index (χ1v) is 16.8. The van der Waals surface area contributed by atoms with Crippen LogP contribution in [0.5, 0.6) is 0 Å². The van der Waals surface area contributed by atoms with Gasteiger partial charge in [0.15, 0.2) is 0 Å². The van der Waals surface area contributed by atoms with Gasteiger partial charge < -0.3 is 23.9 Å². The van der Waals surface area contributed by atoms with Crippen molar-refractivity contribution in [3.63, 3.8) is 0 Å². The topological polar surface area (TPSA) is 102 Å². The van der Waals surface area contributed by atoms with Gasteiger partial charge in [0.2, 0.25) is 5.91 Å². The first-order valence-electron chi connectivity index (χ1n) is 16.8. The normalized spacial score (nSPS) is 15.7. The second kappa shape index (κ2) is 12.7. The fraction of sp³-hybridized carbons (Fsp3) is 0.282. The highest BCUT2D eigenvalue weighted by molar-refractivity contribution is 6.00. The van der Waals surface area contributed by atoms with Crippen molar-refractivity contribution in [2.24, 2.45) is 0 Å². The van der Waals surface area contributed by atoms with Crippen molar-refractivity contribution >= 4 is 33.7 Å². The van der Waals surface area contributed by atoms with E-state index in [0.717, 1.165) is 75.7 Å². The summed E-state index contributed by atoms with van der Waals surface area (Å²) >= 11 is 0. The number of aromatic carboxylic acids is 1. The maximum absolute atomic E-state index is 13.8. The van der Waals surface area contributed by atoms with Gasteiger partial charge in [-0.25, -0.2) is 14.8 Å². The van der Waals surface area contributed by atoms with Crippen LogP contribution in [0.3, 0.4) is 0 Å². The first-order chi connectivity index (χ1) is 23.5. The van der Waals surface area contributed by atoms with E-state index in [2.05, 4.69) is 64.1 Å². The molecule has 48 heavy (non-hydrogen) atoms. The number of hydrogen-bond acceptors (Lipinski definition) is 5. The summed E-state index contributed by atoms with van der Waals surface area (Å²) in [4.78, 5) is 36.9. The third kappa shape index (κ3) is 5.64. The molecule has 0 unspecified atom stereocenters. The highest BCUT2D eigenvalue weighted by Gasteiger charge is 2.29. The molecule has 2 aliphatic rings. The second-order valence-electron chi connectivity index (χ2n) is 12.8. The van der Waals surface area contributed by atoms with E-state index in [4.69, 9.17) is 9.72 Å². The average molecular weight is 640 g/mol. The van der Waals surface area contributed by atoms with Gasteiger partial charge in [-0.2, -0.15) is 0 Å². The molecule has 0 atom stereocenters. The molecule has 1 saturated heterocycles. The van der Waals surface area contributed by atoms with Gasteiger partial charge in [0, 0.05) is 47.5 Å². The molecule has 0 spiro atoms. The van der Waals surface area contributed by atoms with E-state index in [-0.39, 0.29) is 18.0 Å². The van der Waals surface area contributed by atoms with E-state index in [1.54, 1.807) is 24.7 Å². The quantitative estimate of drug-likeness (QED) is 0.197. The fourth-order valence-electron chi connectivity index (χ4n) is 7.49. The summed E-state index contributed by atoms with van der Waals surface area (Å²) in [6.07, 6.45) is 11.1. The SMILES string of the molecule is O=C(O)c1ccc2c(C3CCCCC3)c(-c3ccc4nc(-c5ccc(-n6ccnc6)cc5)ccc4c3)n(CC(=O)N3CCOCC3)c2c1. The lowest BCUT2D eigenvalue weighted by atomic mass is 9.81. The lowest BCUT2D eigenvalue weighted by Crippen LogP contribution is -2.42. The number of amides is 1. The second-order valence-corrected chi connectivity index (χ2v) is 12.8. The molecule has 3 aromatic carbocycles. The highest BCUT2D eigenvalue weighted by atomic mass is 16.5. The summed E-state index contributed by atoms with van der Waals surface area (Å²) in [7, 11) is 0. The van der Waals surface area contributed by atoms with Crippen LogP contribution in [-0.2, 0) is 16.1 Å².